The van der Waals surface area contributed by atoms with Gasteiger partial charge in [-0.05, 0) is 36.8 Å². The molecule has 0 aliphatic carbocycles. The topological polar surface area (TPSA) is 26.0 Å². The predicted molar refractivity (Wildman–Crippen MR) is 63.4 cm³/mol. The second kappa shape index (κ2) is 4.66. The molecular formula is C14H11F4N. The van der Waals surface area contributed by atoms with Gasteiger partial charge in [0.05, 0.1) is 5.54 Å². The molecule has 100 valence electrons. The van der Waals surface area contributed by atoms with Crippen molar-refractivity contribution < 1.29 is 17.6 Å². The summed E-state index contributed by atoms with van der Waals surface area (Å²) in [6.07, 6.45) is 0. The van der Waals surface area contributed by atoms with E-state index in [1.807, 2.05) is 0 Å². The minimum atomic E-state index is -1.68. The number of halogens is 4. The molecule has 2 rings (SSSR count). The van der Waals surface area contributed by atoms with Gasteiger partial charge < -0.3 is 5.73 Å². The van der Waals surface area contributed by atoms with E-state index < -0.39 is 34.4 Å². The number of hydrogen-bond acceptors (Lipinski definition) is 1. The Labute approximate surface area is 107 Å². The first-order valence-corrected chi connectivity index (χ1v) is 5.52. The van der Waals surface area contributed by atoms with E-state index in [1.54, 1.807) is 0 Å². The first-order valence-electron chi connectivity index (χ1n) is 5.52. The van der Waals surface area contributed by atoms with Crippen LogP contribution in [0.25, 0.3) is 0 Å². The van der Waals surface area contributed by atoms with Crippen molar-refractivity contribution in [1.29, 1.82) is 0 Å². The highest BCUT2D eigenvalue weighted by Gasteiger charge is 2.31. The van der Waals surface area contributed by atoms with Crippen molar-refractivity contribution in [2.75, 3.05) is 0 Å². The molecule has 0 aromatic heterocycles. The quantitative estimate of drug-likeness (QED) is 0.830. The van der Waals surface area contributed by atoms with E-state index in [9.17, 15) is 17.6 Å². The van der Waals surface area contributed by atoms with Crippen LogP contribution >= 0.6 is 0 Å². The molecule has 1 atom stereocenters. The normalized spacial score (nSPS) is 14.2. The number of benzene rings is 2. The fraction of sp³-hybridized carbons (Fsp3) is 0.143. The summed E-state index contributed by atoms with van der Waals surface area (Å²) < 4.78 is 53.8. The van der Waals surface area contributed by atoms with E-state index >= 15 is 0 Å². The Hall–Kier alpha value is -1.88. The van der Waals surface area contributed by atoms with Gasteiger partial charge in [0.1, 0.15) is 23.3 Å². The summed E-state index contributed by atoms with van der Waals surface area (Å²) in [5.41, 5.74) is 3.73. The Morgan fingerprint density at radius 3 is 1.84 bits per heavy atom. The zero-order valence-corrected chi connectivity index (χ0v) is 10.1. The van der Waals surface area contributed by atoms with Gasteiger partial charge in [-0.25, -0.2) is 17.6 Å². The smallest absolute Gasteiger partial charge is 0.131 e. The molecule has 2 N–H and O–H groups in total. The molecule has 0 spiro atoms. The lowest BCUT2D eigenvalue weighted by molar-refractivity contribution is 0.476. The summed E-state index contributed by atoms with van der Waals surface area (Å²) in [6, 6.07) is 5.84. The molecular weight excluding hydrogens is 258 g/mol. The third kappa shape index (κ3) is 2.46. The van der Waals surface area contributed by atoms with Crippen LogP contribution in [0.5, 0.6) is 0 Å². The summed E-state index contributed by atoms with van der Waals surface area (Å²) in [5.74, 6) is -3.45. The van der Waals surface area contributed by atoms with E-state index in [4.69, 9.17) is 5.73 Å². The zero-order chi connectivity index (χ0) is 14.2. The highest BCUT2D eigenvalue weighted by molar-refractivity contribution is 5.39. The van der Waals surface area contributed by atoms with Crippen LogP contribution in [0.2, 0.25) is 0 Å². The van der Waals surface area contributed by atoms with Crippen LogP contribution in [-0.2, 0) is 5.54 Å². The first kappa shape index (κ1) is 13.5. The van der Waals surface area contributed by atoms with Crippen LogP contribution in [0.15, 0.2) is 36.4 Å². The molecule has 5 heteroatoms. The molecule has 1 unspecified atom stereocenters. The monoisotopic (exact) mass is 269 g/mol. The second-order valence-electron chi connectivity index (χ2n) is 4.46. The maximum absolute atomic E-state index is 13.7. The lowest BCUT2D eigenvalue weighted by atomic mass is 9.85. The fourth-order valence-electron chi connectivity index (χ4n) is 1.99. The average molecular weight is 269 g/mol. The van der Waals surface area contributed by atoms with E-state index in [0.29, 0.717) is 6.07 Å². The van der Waals surface area contributed by atoms with Crippen LogP contribution in [0.4, 0.5) is 17.6 Å². The van der Waals surface area contributed by atoms with Crippen molar-refractivity contribution in [2.24, 2.45) is 5.73 Å². The second-order valence-corrected chi connectivity index (χ2v) is 4.46. The standard InChI is InChI=1S/C14H11F4N/c1-14(19,8-5-9(15)7-10(16)6-8)13-11(17)3-2-4-12(13)18/h2-7H,19H2,1H3. The Kier molecular flexibility index (Phi) is 3.32. The highest BCUT2D eigenvalue weighted by Crippen LogP contribution is 2.31. The van der Waals surface area contributed by atoms with Gasteiger partial charge in [0.15, 0.2) is 0 Å². The summed E-state index contributed by atoms with van der Waals surface area (Å²) in [4.78, 5) is 0. The van der Waals surface area contributed by atoms with Gasteiger partial charge in [-0.3, -0.25) is 0 Å². The van der Waals surface area contributed by atoms with Crippen molar-refractivity contribution in [1.82, 2.24) is 0 Å². The summed E-state index contributed by atoms with van der Waals surface area (Å²) in [6.45, 7) is 1.29. The third-order valence-corrected chi connectivity index (χ3v) is 2.94. The van der Waals surface area contributed by atoms with Gasteiger partial charge in [0, 0.05) is 11.6 Å². The molecule has 0 aliphatic heterocycles. The maximum Gasteiger partial charge on any atom is 0.131 e. The van der Waals surface area contributed by atoms with Crippen LogP contribution in [0, 0.1) is 23.3 Å². The Balaban J connectivity index is 2.64. The van der Waals surface area contributed by atoms with Crippen LogP contribution in [-0.4, -0.2) is 0 Å². The number of hydrogen-bond donors (Lipinski definition) is 1. The lowest BCUT2D eigenvalue weighted by Crippen LogP contribution is -2.36. The van der Waals surface area contributed by atoms with E-state index in [-0.39, 0.29) is 5.56 Å². The Morgan fingerprint density at radius 1 is 0.895 bits per heavy atom. The molecule has 0 aliphatic rings. The minimum absolute atomic E-state index is 0.0472. The van der Waals surface area contributed by atoms with Gasteiger partial charge in [-0.2, -0.15) is 0 Å². The van der Waals surface area contributed by atoms with Crippen LogP contribution in [0.1, 0.15) is 18.1 Å². The molecule has 0 fully saturated rings. The molecule has 0 radical (unpaired) electrons. The van der Waals surface area contributed by atoms with Crippen molar-refractivity contribution in [2.45, 2.75) is 12.5 Å². The Bertz CT molecular complexity index is 582. The van der Waals surface area contributed by atoms with Gasteiger partial charge >= 0.3 is 0 Å². The van der Waals surface area contributed by atoms with Crippen LogP contribution in [0.3, 0.4) is 0 Å². The molecule has 0 saturated heterocycles. The molecule has 2 aromatic carbocycles. The average Bonchev–Trinajstić information content (AvgIpc) is 2.26. The van der Waals surface area contributed by atoms with Crippen molar-refractivity contribution >= 4 is 0 Å². The molecule has 2 aromatic rings. The lowest BCUT2D eigenvalue weighted by Gasteiger charge is -2.27. The van der Waals surface area contributed by atoms with E-state index in [2.05, 4.69) is 0 Å². The summed E-state index contributed by atoms with van der Waals surface area (Å²) in [5, 5.41) is 0. The molecule has 1 nitrogen and oxygen atoms in total. The van der Waals surface area contributed by atoms with Gasteiger partial charge in [0.2, 0.25) is 0 Å². The van der Waals surface area contributed by atoms with Crippen molar-refractivity contribution in [3.63, 3.8) is 0 Å². The first-order chi connectivity index (χ1) is 8.82. The number of rotatable bonds is 2. The largest absolute Gasteiger partial charge is 0.318 e. The Morgan fingerprint density at radius 2 is 1.37 bits per heavy atom. The molecule has 0 heterocycles. The van der Waals surface area contributed by atoms with Gasteiger partial charge in [-0.1, -0.05) is 6.07 Å². The van der Waals surface area contributed by atoms with Crippen molar-refractivity contribution in [3.8, 4) is 0 Å². The summed E-state index contributed by atoms with van der Waals surface area (Å²) in [7, 11) is 0. The maximum atomic E-state index is 13.7. The molecule has 0 saturated carbocycles. The minimum Gasteiger partial charge on any atom is -0.318 e. The third-order valence-electron chi connectivity index (χ3n) is 2.94. The fourth-order valence-corrected chi connectivity index (χ4v) is 1.99. The number of nitrogens with two attached hydrogens (primary N) is 1. The molecule has 0 amide bonds. The molecule has 0 bridgehead atoms. The SMILES string of the molecule is CC(N)(c1cc(F)cc(F)c1)c1c(F)cccc1F. The molecule has 19 heavy (non-hydrogen) atoms. The predicted octanol–water partition coefficient (Wildman–Crippen LogP) is 3.47. The van der Waals surface area contributed by atoms with Gasteiger partial charge in [-0.15, -0.1) is 0 Å². The highest BCUT2D eigenvalue weighted by atomic mass is 19.1. The van der Waals surface area contributed by atoms with Crippen molar-refractivity contribution in [3.05, 3.63) is 70.8 Å². The van der Waals surface area contributed by atoms with Crippen LogP contribution < -0.4 is 5.73 Å². The van der Waals surface area contributed by atoms with E-state index in [1.165, 1.54) is 13.0 Å². The zero-order valence-electron chi connectivity index (χ0n) is 10.1. The van der Waals surface area contributed by atoms with Gasteiger partial charge in [0.25, 0.3) is 0 Å². The van der Waals surface area contributed by atoms with E-state index in [0.717, 1.165) is 24.3 Å². The summed E-state index contributed by atoms with van der Waals surface area (Å²) >= 11 is 0.